The fourth-order valence-electron chi connectivity index (χ4n) is 3.49. The minimum absolute atomic E-state index is 0.132. The van der Waals surface area contributed by atoms with Crippen molar-refractivity contribution in [2.75, 3.05) is 0 Å². The Bertz CT molecular complexity index is 1160. The van der Waals surface area contributed by atoms with Crippen LogP contribution >= 0.6 is 11.6 Å². The Morgan fingerprint density at radius 1 is 1.12 bits per heavy atom. The zero-order valence-electron chi connectivity index (χ0n) is 13.5. The van der Waals surface area contributed by atoms with Crippen LogP contribution in [0.25, 0.3) is 28.0 Å². The zero-order valence-corrected chi connectivity index (χ0v) is 14.2. The molecule has 5 rings (SSSR count). The first-order valence-corrected chi connectivity index (χ1v) is 8.54. The molecule has 5 nitrogen and oxygen atoms in total. The number of aryl methyl sites for hydroxylation is 1. The van der Waals surface area contributed by atoms with Crippen molar-refractivity contribution in [2.24, 2.45) is 0 Å². The quantitative estimate of drug-likeness (QED) is 0.498. The van der Waals surface area contributed by atoms with E-state index in [0.717, 1.165) is 47.9 Å². The molecule has 0 aliphatic carbocycles. The molecule has 3 aromatic heterocycles. The molecule has 0 N–H and O–H groups in total. The predicted octanol–water partition coefficient (Wildman–Crippen LogP) is 4.14. The van der Waals surface area contributed by atoms with Gasteiger partial charge >= 0.3 is 0 Å². The first kappa shape index (κ1) is 15.5. The minimum atomic E-state index is -0.787. The molecule has 0 spiro atoms. The van der Waals surface area contributed by atoms with E-state index < -0.39 is 11.6 Å². The van der Waals surface area contributed by atoms with Gasteiger partial charge < -0.3 is 0 Å². The summed E-state index contributed by atoms with van der Waals surface area (Å²) in [5, 5.41) is 8.62. The first-order chi connectivity index (χ1) is 12.6. The van der Waals surface area contributed by atoms with Gasteiger partial charge in [0.25, 0.3) is 0 Å². The van der Waals surface area contributed by atoms with Gasteiger partial charge in [-0.2, -0.15) is 10.2 Å². The molecule has 130 valence electrons. The van der Waals surface area contributed by atoms with Gasteiger partial charge in [-0.25, -0.2) is 18.3 Å². The number of halogens is 3. The van der Waals surface area contributed by atoms with Gasteiger partial charge in [-0.05, 0) is 31.0 Å². The number of fused-ring (bicyclic) bond motifs is 2. The van der Waals surface area contributed by atoms with Crippen LogP contribution in [0.3, 0.4) is 0 Å². The van der Waals surface area contributed by atoms with Crippen LogP contribution in [0.1, 0.15) is 12.1 Å². The highest BCUT2D eigenvalue weighted by atomic mass is 35.5. The van der Waals surface area contributed by atoms with Crippen LogP contribution in [0.5, 0.6) is 0 Å². The van der Waals surface area contributed by atoms with E-state index in [0.29, 0.717) is 5.69 Å². The summed E-state index contributed by atoms with van der Waals surface area (Å²) in [7, 11) is 0. The predicted molar refractivity (Wildman–Crippen MR) is 92.9 cm³/mol. The third-order valence-corrected chi connectivity index (χ3v) is 4.96. The Morgan fingerprint density at radius 3 is 2.88 bits per heavy atom. The molecule has 4 aromatic rings. The molecule has 26 heavy (non-hydrogen) atoms. The summed E-state index contributed by atoms with van der Waals surface area (Å²) in [5.41, 5.74) is 4.06. The van der Waals surface area contributed by atoms with Crippen molar-refractivity contribution < 1.29 is 8.78 Å². The fourth-order valence-corrected chi connectivity index (χ4v) is 3.66. The van der Waals surface area contributed by atoms with Gasteiger partial charge in [-0.15, -0.1) is 0 Å². The first-order valence-electron chi connectivity index (χ1n) is 8.16. The summed E-state index contributed by atoms with van der Waals surface area (Å²) in [5.74, 6) is -1.47. The molecular weight excluding hydrogens is 360 g/mol. The van der Waals surface area contributed by atoms with Gasteiger partial charge in [0.1, 0.15) is 23.7 Å². The second-order valence-electron chi connectivity index (χ2n) is 6.22. The molecule has 0 saturated heterocycles. The second kappa shape index (κ2) is 5.60. The molecule has 8 heteroatoms. The van der Waals surface area contributed by atoms with Crippen molar-refractivity contribution >= 4 is 17.2 Å². The summed E-state index contributed by atoms with van der Waals surface area (Å²) >= 11 is 5.89. The number of pyridine rings is 1. The van der Waals surface area contributed by atoms with E-state index in [2.05, 4.69) is 15.2 Å². The molecule has 1 aliphatic heterocycles. The second-order valence-corrected chi connectivity index (χ2v) is 6.63. The molecule has 4 heterocycles. The Hall–Kier alpha value is -2.80. The maximum absolute atomic E-state index is 14.5. The van der Waals surface area contributed by atoms with Crippen molar-refractivity contribution in [2.45, 2.75) is 19.4 Å². The van der Waals surface area contributed by atoms with Crippen molar-refractivity contribution in [1.29, 1.82) is 0 Å². The third kappa shape index (κ3) is 2.24. The average Bonchev–Trinajstić information content (AvgIpc) is 3.32. The fraction of sp³-hybridized carbons (Fsp3) is 0.167. The SMILES string of the molecule is Fc1cc(F)c(-c2nn3c(c2-c2ccc4ncnn4c2)CCC3)cc1Cl. The van der Waals surface area contributed by atoms with Crippen LogP contribution in [-0.4, -0.2) is 24.4 Å². The zero-order chi connectivity index (χ0) is 17.8. The Labute approximate surface area is 151 Å². The maximum Gasteiger partial charge on any atom is 0.155 e. The van der Waals surface area contributed by atoms with Gasteiger partial charge in [0.2, 0.25) is 0 Å². The van der Waals surface area contributed by atoms with Gasteiger partial charge in [-0.1, -0.05) is 11.6 Å². The summed E-state index contributed by atoms with van der Waals surface area (Å²) in [6.45, 7) is 0.768. The number of hydrogen-bond donors (Lipinski definition) is 0. The molecule has 0 unspecified atom stereocenters. The van der Waals surface area contributed by atoms with Crippen LogP contribution in [0.4, 0.5) is 8.78 Å². The summed E-state index contributed by atoms with van der Waals surface area (Å²) in [6.07, 6.45) is 5.13. The lowest BCUT2D eigenvalue weighted by molar-refractivity contribution is 0.584. The van der Waals surface area contributed by atoms with Crippen LogP contribution in [0.2, 0.25) is 5.02 Å². The third-order valence-electron chi connectivity index (χ3n) is 4.67. The van der Waals surface area contributed by atoms with Crippen molar-refractivity contribution in [3.05, 3.63) is 59.1 Å². The Kier molecular flexibility index (Phi) is 3.33. The smallest absolute Gasteiger partial charge is 0.155 e. The molecule has 0 atom stereocenters. The molecule has 0 fully saturated rings. The largest absolute Gasteiger partial charge is 0.268 e. The van der Waals surface area contributed by atoms with E-state index in [1.54, 1.807) is 4.52 Å². The molecule has 0 saturated carbocycles. The number of benzene rings is 1. The number of rotatable bonds is 2. The van der Waals surface area contributed by atoms with Gasteiger partial charge in [-0.3, -0.25) is 4.68 Å². The normalized spacial score (nSPS) is 13.5. The van der Waals surface area contributed by atoms with Gasteiger partial charge in [0, 0.05) is 41.2 Å². The topological polar surface area (TPSA) is 48.0 Å². The lowest BCUT2D eigenvalue weighted by atomic mass is 9.98. The van der Waals surface area contributed by atoms with E-state index in [4.69, 9.17) is 11.6 Å². The van der Waals surface area contributed by atoms with Crippen molar-refractivity contribution in [3.8, 4) is 22.4 Å². The van der Waals surface area contributed by atoms with Crippen molar-refractivity contribution in [1.82, 2.24) is 24.4 Å². The molecule has 1 aliphatic rings. The highest BCUT2D eigenvalue weighted by molar-refractivity contribution is 6.31. The molecule has 1 aromatic carbocycles. The lowest BCUT2D eigenvalue weighted by Crippen LogP contribution is -1.95. The van der Waals surface area contributed by atoms with E-state index in [1.807, 2.05) is 23.0 Å². The highest BCUT2D eigenvalue weighted by Gasteiger charge is 2.26. The monoisotopic (exact) mass is 371 g/mol. The van der Waals surface area contributed by atoms with E-state index in [9.17, 15) is 8.78 Å². The van der Waals surface area contributed by atoms with Crippen LogP contribution in [0, 0.1) is 11.6 Å². The summed E-state index contributed by atoms with van der Waals surface area (Å²) < 4.78 is 31.6. The van der Waals surface area contributed by atoms with Crippen LogP contribution in [-0.2, 0) is 13.0 Å². The lowest BCUT2D eigenvalue weighted by Gasteiger charge is -2.08. The molecule has 0 radical (unpaired) electrons. The number of nitrogens with zero attached hydrogens (tertiary/aromatic N) is 5. The summed E-state index contributed by atoms with van der Waals surface area (Å²) in [4.78, 5) is 4.14. The summed E-state index contributed by atoms with van der Waals surface area (Å²) in [6, 6.07) is 5.85. The highest BCUT2D eigenvalue weighted by Crippen LogP contribution is 2.39. The average molecular weight is 372 g/mol. The van der Waals surface area contributed by atoms with Gasteiger partial charge in [0.05, 0.1) is 5.02 Å². The standard InChI is InChI=1S/C18H12ClF2N5/c19-12-6-11(13(20)7-14(12)21)18-17(15-2-1-5-25(15)24-18)10-3-4-16-22-9-23-26(16)8-10/h3-4,6-9H,1-2,5H2. The van der Waals surface area contributed by atoms with E-state index >= 15 is 0 Å². The molecule has 0 bridgehead atoms. The molecule has 0 amide bonds. The Morgan fingerprint density at radius 2 is 2.00 bits per heavy atom. The van der Waals surface area contributed by atoms with E-state index in [-0.39, 0.29) is 10.6 Å². The van der Waals surface area contributed by atoms with Crippen LogP contribution in [0.15, 0.2) is 36.8 Å². The van der Waals surface area contributed by atoms with Crippen molar-refractivity contribution in [3.63, 3.8) is 0 Å². The van der Waals surface area contributed by atoms with Gasteiger partial charge in [0.15, 0.2) is 5.65 Å². The van der Waals surface area contributed by atoms with Crippen LogP contribution < -0.4 is 0 Å². The molecular formula is C18H12ClF2N5. The Balaban J connectivity index is 1.78. The maximum atomic E-state index is 14.5. The minimum Gasteiger partial charge on any atom is -0.268 e. The van der Waals surface area contributed by atoms with E-state index in [1.165, 1.54) is 12.4 Å². The number of aromatic nitrogens is 5. The number of hydrogen-bond acceptors (Lipinski definition) is 3.